The molecule has 3 rings (SSSR count). The number of benzene rings is 1. The number of nitrogens with zero attached hydrogens (tertiary/aromatic N) is 5. The van der Waals surface area contributed by atoms with Crippen molar-refractivity contribution in [2.75, 3.05) is 33.9 Å². The van der Waals surface area contributed by atoms with Crippen molar-refractivity contribution in [1.82, 2.24) is 23.6 Å². The third kappa shape index (κ3) is 4.58. The van der Waals surface area contributed by atoms with Crippen molar-refractivity contribution >= 4 is 22.8 Å². The Hall–Kier alpha value is -2.62. The first-order valence-corrected chi connectivity index (χ1v) is 10.0. The number of aliphatic hydroxyl groups is 1. The van der Waals surface area contributed by atoms with Crippen molar-refractivity contribution in [2.24, 2.45) is 7.05 Å². The number of likely N-dealkylation sites (N-methyl/N-ethyl adjacent to an activating group) is 1. The van der Waals surface area contributed by atoms with E-state index in [0.29, 0.717) is 31.1 Å². The summed E-state index contributed by atoms with van der Waals surface area (Å²) in [4.78, 5) is 32.3. The Bertz CT molecular complexity index is 1130. The highest BCUT2D eigenvalue weighted by atomic mass is 35.5. The van der Waals surface area contributed by atoms with Gasteiger partial charge in [-0.15, -0.1) is 0 Å². The van der Waals surface area contributed by atoms with Gasteiger partial charge in [-0.1, -0.05) is 23.7 Å². The quantitative estimate of drug-likeness (QED) is 0.537. The van der Waals surface area contributed by atoms with Crippen LogP contribution in [0.2, 0.25) is 5.02 Å². The van der Waals surface area contributed by atoms with Gasteiger partial charge in [0.15, 0.2) is 11.2 Å². The number of imidazole rings is 1. The van der Waals surface area contributed by atoms with Crippen LogP contribution in [0.5, 0.6) is 6.01 Å². The third-order valence-corrected chi connectivity index (χ3v) is 5.01. The summed E-state index contributed by atoms with van der Waals surface area (Å²) in [6.45, 7) is 1.39. The molecule has 0 fully saturated rings. The molecule has 2 heterocycles. The highest BCUT2D eigenvalue weighted by Gasteiger charge is 2.21. The summed E-state index contributed by atoms with van der Waals surface area (Å²) >= 11 is 5.99. The van der Waals surface area contributed by atoms with E-state index in [1.807, 2.05) is 31.1 Å². The Balaban J connectivity index is 2.16. The topological polar surface area (TPSA) is 94.5 Å². The molecule has 0 aliphatic heterocycles. The van der Waals surface area contributed by atoms with Crippen LogP contribution in [-0.4, -0.2) is 62.5 Å². The Morgan fingerprint density at radius 1 is 1.17 bits per heavy atom. The number of ether oxygens (including phenoxy) is 1. The predicted octanol–water partition coefficient (Wildman–Crippen LogP) is 0.921. The molecule has 0 spiro atoms. The average molecular weight is 436 g/mol. The van der Waals surface area contributed by atoms with Crippen molar-refractivity contribution in [3.05, 3.63) is 55.7 Å². The Labute approximate surface area is 178 Å². The molecule has 9 nitrogen and oxygen atoms in total. The zero-order valence-electron chi connectivity index (χ0n) is 17.3. The molecule has 0 saturated heterocycles. The standard InChI is InChI=1S/C20H26ClN5O4/c1-23(2)10-12-30-19-22-17-16(26(19)13-14-5-7-15(21)8-6-14)18(28)25(9-4-11-27)20(29)24(17)3/h5-8,27H,4,9-13H2,1-3H3. The number of aromatic nitrogens is 4. The van der Waals surface area contributed by atoms with E-state index in [0.717, 1.165) is 10.1 Å². The number of hydrogen-bond acceptors (Lipinski definition) is 6. The lowest BCUT2D eigenvalue weighted by Crippen LogP contribution is -2.39. The number of rotatable bonds is 9. The Morgan fingerprint density at radius 2 is 1.87 bits per heavy atom. The maximum Gasteiger partial charge on any atom is 0.332 e. The van der Waals surface area contributed by atoms with Gasteiger partial charge < -0.3 is 14.7 Å². The van der Waals surface area contributed by atoms with Gasteiger partial charge in [0, 0.05) is 31.8 Å². The summed E-state index contributed by atoms with van der Waals surface area (Å²) in [6.07, 6.45) is 0.304. The van der Waals surface area contributed by atoms with Crippen LogP contribution in [0.4, 0.5) is 0 Å². The Morgan fingerprint density at radius 3 is 2.50 bits per heavy atom. The first kappa shape index (κ1) is 22.1. The molecule has 0 atom stereocenters. The number of fused-ring (bicyclic) bond motifs is 1. The number of aryl methyl sites for hydroxylation is 1. The maximum atomic E-state index is 13.2. The zero-order chi connectivity index (χ0) is 21.8. The third-order valence-electron chi connectivity index (χ3n) is 4.76. The summed E-state index contributed by atoms with van der Waals surface area (Å²) in [5, 5.41) is 9.75. The van der Waals surface area contributed by atoms with Crippen LogP contribution in [0.25, 0.3) is 11.2 Å². The lowest BCUT2D eigenvalue weighted by Gasteiger charge is -2.13. The molecule has 162 valence electrons. The molecule has 10 heteroatoms. The van der Waals surface area contributed by atoms with E-state index in [1.54, 1.807) is 23.7 Å². The first-order chi connectivity index (χ1) is 14.3. The second kappa shape index (κ2) is 9.46. The van der Waals surface area contributed by atoms with Crippen molar-refractivity contribution < 1.29 is 9.84 Å². The molecule has 0 aliphatic rings. The summed E-state index contributed by atoms with van der Waals surface area (Å²) in [7, 11) is 5.44. The number of hydrogen-bond donors (Lipinski definition) is 1. The average Bonchev–Trinajstić information content (AvgIpc) is 3.06. The fourth-order valence-electron chi connectivity index (χ4n) is 3.13. The highest BCUT2D eigenvalue weighted by molar-refractivity contribution is 6.30. The van der Waals surface area contributed by atoms with Gasteiger partial charge in [0.05, 0.1) is 6.54 Å². The molecular weight excluding hydrogens is 410 g/mol. The minimum atomic E-state index is -0.475. The summed E-state index contributed by atoms with van der Waals surface area (Å²) in [5.41, 5.74) is 0.526. The van der Waals surface area contributed by atoms with Crippen LogP contribution in [0, 0.1) is 0 Å². The largest absolute Gasteiger partial charge is 0.463 e. The molecule has 0 saturated carbocycles. The van der Waals surface area contributed by atoms with Gasteiger partial charge in [0.1, 0.15) is 6.61 Å². The predicted molar refractivity (Wildman–Crippen MR) is 116 cm³/mol. The fourth-order valence-corrected chi connectivity index (χ4v) is 3.25. The van der Waals surface area contributed by atoms with Crippen molar-refractivity contribution in [1.29, 1.82) is 0 Å². The fraction of sp³-hybridized carbons (Fsp3) is 0.450. The van der Waals surface area contributed by atoms with Crippen molar-refractivity contribution in [3.63, 3.8) is 0 Å². The Kier molecular flexibility index (Phi) is 6.96. The van der Waals surface area contributed by atoms with E-state index >= 15 is 0 Å². The molecule has 2 aromatic heterocycles. The smallest absolute Gasteiger partial charge is 0.332 e. The molecule has 0 radical (unpaired) electrons. The molecular formula is C20H26ClN5O4. The molecule has 1 aromatic carbocycles. The maximum absolute atomic E-state index is 13.2. The second-order valence-corrected chi connectivity index (χ2v) is 7.74. The van der Waals surface area contributed by atoms with E-state index in [9.17, 15) is 9.59 Å². The number of aliphatic hydroxyl groups excluding tert-OH is 1. The van der Waals surface area contributed by atoms with E-state index < -0.39 is 11.2 Å². The van der Waals surface area contributed by atoms with Gasteiger partial charge in [-0.3, -0.25) is 18.5 Å². The van der Waals surface area contributed by atoms with Crippen molar-refractivity contribution in [2.45, 2.75) is 19.5 Å². The molecule has 0 amide bonds. The van der Waals surface area contributed by atoms with Gasteiger partial charge in [-0.25, -0.2) is 4.79 Å². The minimum Gasteiger partial charge on any atom is -0.463 e. The molecule has 0 bridgehead atoms. The van der Waals surface area contributed by atoms with Crippen LogP contribution in [0.3, 0.4) is 0 Å². The zero-order valence-corrected chi connectivity index (χ0v) is 18.1. The second-order valence-electron chi connectivity index (χ2n) is 7.31. The normalized spacial score (nSPS) is 11.5. The van der Waals surface area contributed by atoms with Gasteiger partial charge in [-0.05, 0) is 38.2 Å². The lowest BCUT2D eigenvalue weighted by atomic mass is 10.2. The van der Waals surface area contributed by atoms with Crippen molar-refractivity contribution in [3.8, 4) is 6.01 Å². The van der Waals surface area contributed by atoms with Crippen LogP contribution < -0.4 is 16.0 Å². The van der Waals surface area contributed by atoms with E-state index in [2.05, 4.69) is 4.98 Å². The summed E-state index contributed by atoms with van der Waals surface area (Å²) in [5.74, 6) is 0. The molecule has 3 aromatic rings. The van der Waals surface area contributed by atoms with Gasteiger partial charge in [0.2, 0.25) is 0 Å². The van der Waals surface area contributed by atoms with E-state index in [-0.39, 0.29) is 30.3 Å². The highest BCUT2D eigenvalue weighted by Crippen LogP contribution is 2.20. The summed E-state index contributed by atoms with van der Waals surface area (Å²) < 4.78 is 10.0. The molecule has 0 unspecified atom stereocenters. The van der Waals surface area contributed by atoms with Gasteiger partial charge in [0.25, 0.3) is 11.6 Å². The van der Waals surface area contributed by atoms with Crippen LogP contribution in [0.1, 0.15) is 12.0 Å². The molecule has 0 aliphatic carbocycles. The molecule has 1 N–H and O–H groups in total. The van der Waals surface area contributed by atoms with Crippen LogP contribution in [0.15, 0.2) is 33.9 Å². The monoisotopic (exact) mass is 435 g/mol. The number of halogens is 1. The van der Waals surface area contributed by atoms with Gasteiger partial charge >= 0.3 is 5.69 Å². The van der Waals surface area contributed by atoms with Crippen LogP contribution >= 0.6 is 11.6 Å². The van der Waals surface area contributed by atoms with Gasteiger partial charge in [-0.2, -0.15) is 4.98 Å². The SMILES string of the molecule is CN(C)CCOc1nc2c(c(=O)n(CCCO)c(=O)n2C)n1Cc1ccc(Cl)cc1. The summed E-state index contributed by atoms with van der Waals surface area (Å²) in [6, 6.07) is 7.55. The lowest BCUT2D eigenvalue weighted by molar-refractivity contribution is 0.239. The molecule has 30 heavy (non-hydrogen) atoms. The van der Waals surface area contributed by atoms with E-state index in [4.69, 9.17) is 21.4 Å². The minimum absolute atomic E-state index is 0.115. The van der Waals surface area contributed by atoms with E-state index in [1.165, 1.54) is 4.57 Å². The van der Waals surface area contributed by atoms with Crippen LogP contribution in [-0.2, 0) is 20.1 Å². The first-order valence-electron chi connectivity index (χ1n) is 9.66.